The van der Waals surface area contributed by atoms with E-state index in [0.29, 0.717) is 17.8 Å². The van der Waals surface area contributed by atoms with Gasteiger partial charge in [0.05, 0.1) is 41.3 Å². The Bertz CT molecular complexity index is 1950. The van der Waals surface area contributed by atoms with Gasteiger partial charge in [-0.1, -0.05) is 58.9 Å². The molecule has 6 rings (SSSR count). The fraction of sp³-hybridized carbons (Fsp3) is 0.432. The maximum absolute atomic E-state index is 14.4. The number of nitrogens with one attached hydrogen (secondary N) is 1. The Kier molecular flexibility index (Phi) is 9.12. The van der Waals surface area contributed by atoms with Crippen LogP contribution in [0.4, 0.5) is 11.8 Å². The zero-order valence-corrected chi connectivity index (χ0v) is 30.1. The molecule has 1 N–H and O–H groups in total. The number of hydrogen-bond donors (Lipinski definition) is 1. The van der Waals surface area contributed by atoms with Crippen molar-refractivity contribution >= 4 is 27.7 Å². The number of aryl methyl sites for hydroxylation is 2. The topological polar surface area (TPSA) is 131 Å². The molecule has 0 saturated carbocycles. The molecule has 0 unspecified atom stereocenters. The lowest BCUT2D eigenvalue weighted by Crippen LogP contribution is -2.45. The molecule has 1 fully saturated rings. The highest BCUT2D eigenvalue weighted by molar-refractivity contribution is 7.92. The predicted molar refractivity (Wildman–Crippen MR) is 190 cm³/mol. The van der Waals surface area contributed by atoms with E-state index in [1.807, 2.05) is 32.0 Å². The summed E-state index contributed by atoms with van der Waals surface area (Å²) in [5.41, 5.74) is 4.22. The zero-order chi connectivity index (χ0) is 35.1. The Morgan fingerprint density at radius 3 is 2.39 bits per heavy atom. The SMILES string of the molecule is Cc1cccc(C)c1-c1cc2nc(n1)NS(=O)(=O)c1cccc(c1)C(=O)N(Cc1cnc(N3CCC(C)(C)C3)cn1)[C@H](CC(C)(C)C)CO2. The van der Waals surface area contributed by atoms with Crippen LogP contribution in [0.3, 0.4) is 0 Å². The summed E-state index contributed by atoms with van der Waals surface area (Å²) in [7, 11) is -4.17. The number of rotatable bonds is 5. The van der Waals surface area contributed by atoms with Crippen molar-refractivity contribution in [1.82, 2.24) is 24.8 Å². The van der Waals surface area contributed by atoms with E-state index in [0.717, 1.165) is 42.0 Å². The fourth-order valence-corrected chi connectivity index (χ4v) is 7.61. The van der Waals surface area contributed by atoms with Crippen LogP contribution < -0.4 is 14.4 Å². The lowest BCUT2D eigenvalue weighted by atomic mass is 9.87. The van der Waals surface area contributed by atoms with Crippen molar-refractivity contribution < 1.29 is 17.9 Å². The largest absolute Gasteiger partial charge is 0.475 e. The minimum Gasteiger partial charge on any atom is -0.475 e. The van der Waals surface area contributed by atoms with Crippen molar-refractivity contribution in [1.29, 1.82) is 0 Å². The average Bonchev–Trinajstić information content (AvgIpc) is 3.40. The molecule has 1 atom stereocenters. The smallest absolute Gasteiger partial charge is 0.264 e. The molecule has 2 aliphatic rings. The average molecular weight is 684 g/mol. The van der Waals surface area contributed by atoms with Gasteiger partial charge in [0.25, 0.3) is 15.9 Å². The van der Waals surface area contributed by atoms with Crippen LogP contribution in [-0.2, 0) is 16.6 Å². The molecule has 0 spiro atoms. The molecule has 0 radical (unpaired) electrons. The zero-order valence-electron chi connectivity index (χ0n) is 29.3. The van der Waals surface area contributed by atoms with Gasteiger partial charge in [0.15, 0.2) is 0 Å². The molecule has 4 aromatic rings. The number of amides is 1. The third-order valence-corrected chi connectivity index (χ3v) is 10.4. The molecule has 2 aromatic heterocycles. The van der Waals surface area contributed by atoms with Gasteiger partial charge in [-0.2, -0.15) is 4.98 Å². The molecular formula is C37H45N7O4S. The van der Waals surface area contributed by atoms with Gasteiger partial charge in [-0.25, -0.2) is 23.1 Å². The van der Waals surface area contributed by atoms with Gasteiger partial charge in [-0.3, -0.25) is 9.78 Å². The number of carbonyl (C=O) groups excluding carboxylic acids is 1. The number of nitrogens with zero attached hydrogens (tertiary/aromatic N) is 6. The molecule has 0 aliphatic carbocycles. The molecule has 1 saturated heterocycles. The van der Waals surface area contributed by atoms with Crippen LogP contribution in [0.25, 0.3) is 11.3 Å². The number of fused-ring (bicyclic) bond motifs is 4. The van der Waals surface area contributed by atoms with E-state index < -0.39 is 16.1 Å². The highest BCUT2D eigenvalue weighted by atomic mass is 32.2. The molecule has 4 bridgehead atoms. The van der Waals surface area contributed by atoms with E-state index in [9.17, 15) is 13.2 Å². The van der Waals surface area contributed by atoms with Gasteiger partial charge in [0.1, 0.15) is 12.4 Å². The summed E-state index contributed by atoms with van der Waals surface area (Å²) in [4.78, 5) is 36.9. The van der Waals surface area contributed by atoms with Crippen molar-refractivity contribution in [3.63, 3.8) is 0 Å². The summed E-state index contributed by atoms with van der Waals surface area (Å²) >= 11 is 0. The lowest BCUT2D eigenvalue weighted by molar-refractivity contribution is 0.0509. The number of aromatic nitrogens is 4. The standard InChI is InChI=1S/C37H45N7O4S/c1-24-10-8-11-25(2)33(24)30-17-32-41-35(40-30)42-49(46,47)29-13-9-12-26(16-29)34(45)44(28(22-48-32)18-36(3,4)5)21-27-19-39-31(20-38-27)43-15-14-37(6,7)23-43/h8-13,16-17,19-20,28H,14-15,18,21-23H2,1-7H3,(H,40,41,42)/t28-/m1/s1. The van der Waals surface area contributed by atoms with Crippen LogP contribution in [0.5, 0.6) is 5.88 Å². The van der Waals surface area contributed by atoms with Crippen LogP contribution in [-0.4, -0.2) is 64.9 Å². The van der Waals surface area contributed by atoms with E-state index in [-0.39, 0.29) is 52.2 Å². The summed E-state index contributed by atoms with van der Waals surface area (Å²) < 4.78 is 36.3. The Labute approximate surface area is 289 Å². The first kappa shape index (κ1) is 34.3. The van der Waals surface area contributed by atoms with Crippen molar-refractivity contribution in [3.05, 3.63) is 83.3 Å². The normalized spacial score (nSPS) is 18.9. The second-order valence-electron chi connectivity index (χ2n) is 15.2. The van der Waals surface area contributed by atoms with Crippen LogP contribution in [0.1, 0.15) is 74.6 Å². The van der Waals surface area contributed by atoms with E-state index in [4.69, 9.17) is 14.7 Å². The molecule has 49 heavy (non-hydrogen) atoms. The highest BCUT2D eigenvalue weighted by Crippen LogP contribution is 2.33. The third-order valence-electron chi connectivity index (χ3n) is 9.06. The van der Waals surface area contributed by atoms with E-state index >= 15 is 0 Å². The Morgan fingerprint density at radius 2 is 1.73 bits per heavy atom. The second kappa shape index (κ2) is 13.0. The molecule has 1 amide bonds. The van der Waals surface area contributed by atoms with Crippen molar-refractivity contribution in [2.75, 3.05) is 29.3 Å². The third kappa shape index (κ3) is 7.85. The maximum atomic E-state index is 14.4. The van der Waals surface area contributed by atoms with Gasteiger partial charge in [0, 0.05) is 30.3 Å². The number of hydrogen-bond acceptors (Lipinski definition) is 9. The van der Waals surface area contributed by atoms with Gasteiger partial charge in [-0.05, 0) is 66.8 Å². The molecule has 12 heteroatoms. The second-order valence-corrected chi connectivity index (χ2v) is 16.9. The maximum Gasteiger partial charge on any atom is 0.264 e. The first-order valence-corrected chi connectivity index (χ1v) is 18.1. The Morgan fingerprint density at radius 1 is 1.00 bits per heavy atom. The van der Waals surface area contributed by atoms with E-state index in [2.05, 4.69) is 54.2 Å². The van der Waals surface area contributed by atoms with Crippen molar-refractivity contribution in [3.8, 4) is 17.1 Å². The Balaban J connectivity index is 1.43. The van der Waals surface area contributed by atoms with Gasteiger partial charge in [-0.15, -0.1) is 0 Å². The van der Waals surface area contributed by atoms with E-state index in [1.54, 1.807) is 35.5 Å². The fourth-order valence-electron chi connectivity index (χ4n) is 6.62. The monoisotopic (exact) mass is 683 g/mol. The van der Waals surface area contributed by atoms with Crippen molar-refractivity contribution in [2.24, 2.45) is 10.8 Å². The van der Waals surface area contributed by atoms with Gasteiger partial charge < -0.3 is 14.5 Å². The first-order valence-electron chi connectivity index (χ1n) is 16.7. The van der Waals surface area contributed by atoms with Crippen LogP contribution in [0.2, 0.25) is 0 Å². The lowest BCUT2D eigenvalue weighted by Gasteiger charge is -2.35. The van der Waals surface area contributed by atoms with Crippen LogP contribution in [0.15, 0.2) is 65.8 Å². The number of anilines is 2. The molecular weight excluding hydrogens is 639 g/mol. The number of carbonyl (C=O) groups is 1. The Hall–Kier alpha value is -4.58. The molecule has 2 aromatic carbocycles. The molecule has 258 valence electrons. The number of benzene rings is 2. The quantitative estimate of drug-likeness (QED) is 0.253. The summed E-state index contributed by atoms with van der Waals surface area (Å²) in [6.45, 7) is 16.9. The van der Waals surface area contributed by atoms with Gasteiger partial charge >= 0.3 is 0 Å². The predicted octanol–water partition coefficient (Wildman–Crippen LogP) is 6.43. The van der Waals surface area contributed by atoms with Crippen molar-refractivity contribution in [2.45, 2.75) is 78.8 Å². The van der Waals surface area contributed by atoms with Crippen LogP contribution >= 0.6 is 0 Å². The highest BCUT2D eigenvalue weighted by Gasteiger charge is 2.33. The summed E-state index contributed by atoms with van der Waals surface area (Å²) in [6, 6.07) is 13.3. The number of sulfonamides is 1. The summed E-state index contributed by atoms with van der Waals surface area (Å²) in [5, 5.41) is 0. The number of ether oxygens (including phenoxy) is 1. The molecule has 2 aliphatic heterocycles. The summed E-state index contributed by atoms with van der Waals surface area (Å²) in [6.07, 6.45) is 5.17. The van der Waals surface area contributed by atoms with Gasteiger partial charge in [0.2, 0.25) is 11.8 Å². The minimum absolute atomic E-state index is 0.0776. The van der Waals surface area contributed by atoms with Crippen LogP contribution in [0, 0.1) is 24.7 Å². The summed E-state index contributed by atoms with van der Waals surface area (Å²) in [5.74, 6) is 0.549. The molecule has 4 heterocycles. The molecule has 11 nitrogen and oxygen atoms in total. The first-order chi connectivity index (χ1) is 23.1. The van der Waals surface area contributed by atoms with E-state index in [1.165, 1.54) is 12.1 Å². The minimum atomic E-state index is -4.17.